The topological polar surface area (TPSA) is 83.8 Å². The van der Waals surface area contributed by atoms with Crippen LogP contribution in [0.5, 0.6) is 0 Å². The first-order valence-corrected chi connectivity index (χ1v) is 6.60. The van der Waals surface area contributed by atoms with Gasteiger partial charge in [0.15, 0.2) is 0 Å². The van der Waals surface area contributed by atoms with Gasteiger partial charge in [-0.05, 0) is 24.3 Å². The summed E-state index contributed by atoms with van der Waals surface area (Å²) >= 11 is 6.02. The number of nitrogens with zero attached hydrogens (tertiary/aromatic N) is 2. The van der Waals surface area contributed by atoms with Gasteiger partial charge in [0, 0.05) is 0 Å². The molecule has 0 amide bonds. The Morgan fingerprint density at radius 1 is 1.19 bits per heavy atom. The number of H-pyrrole nitrogens is 1. The Bertz CT molecular complexity index is 799. The molecule has 0 radical (unpaired) electrons. The summed E-state index contributed by atoms with van der Waals surface area (Å²) in [4.78, 5) is 14.6. The SMILES string of the molecule is O=c1[nH]c(Nc2ccccc2Cl)nnc1Cc1ccco1. The molecule has 3 aromatic rings. The lowest BCUT2D eigenvalue weighted by Gasteiger charge is -2.06. The Balaban J connectivity index is 1.81. The third-order valence-corrected chi connectivity index (χ3v) is 3.14. The molecule has 7 heteroatoms. The third-order valence-electron chi connectivity index (χ3n) is 2.81. The van der Waals surface area contributed by atoms with Gasteiger partial charge < -0.3 is 9.73 Å². The van der Waals surface area contributed by atoms with Crippen molar-refractivity contribution < 1.29 is 4.42 Å². The molecule has 2 heterocycles. The molecule has 0 fully saturated rings. The van der Waals surface area contributed by atoms with E-state index in [0.717, 1.165) is 0 Å². The quantitative estimate of drug-likeness (QED) is 0.774. The number of nitrogens with one attached hydrogen (secondary N) is 2. The highest BCUT2D eigenvalue weighted by Crippen LogP contribution is 2.22. The van der Waals surface area contributed by atoms with Crippen LogP contribution in [-0.2, 0) is 6.42 Å². The summed E-state index contributed by atoms with van der Waals surface area (Å²) in [6.45, 7) is 0. The largest absolute Gasteiger partial charge is 0.469 e. The van der Waals surface area contributed by atoms with E-state index in [1.165, 1.54) is 0 Å². The lowest BCUT2D eigenvalue weighted by Crippen LogP contribution is -2.18. The minimum atomic E-state index is -0.323. The lowest BCUT2D eigenvalue weighted by atomic mass is 10.2. The predicted octanol–water partition coefficient (Wildman–Crippen LogP) is 2.75. The van der Waals surface area contributed by atoms with E-state index in [-0.39, 0.29) is 17.2 Å². The summed E-state index contributed by atoms with van der Waals surface area (Å²) < 4.78 is 5.18. The number of furan rings is 1. The van der Waals surface area contributed by atoms with Gasteiger partial charge in [-0.25, -0.2) is 0 Å². The van der Waals surface area contributed by atoms with Crippen LogP contribution >= 0.6 is 11.6 Å². The molecule has 106 valence electrons. The molecule has 2 aromatic heterocycles. The minimum absolute atomic E-state index is 0.233. The van der Waals surface area contributed by atoms with Crippen molar-refractivity contribution in [2.75, 3.05) is 5.32 Å². The van der Waals surface area contributed by atoms with Crippen LogP contribution in [-0.4, -0.2) is 15.2 Å². The van der Waals surface area contributed by atoms with Gasteiger partial charge >= 0.3 is 0 Å². The Morgan fingerprint density at radius 2 is 2.05 bits per heavy atom. The first-order valence-electron chi connectivity index (χ1n) is 6.22. The molecule has 21 heavy (non-hydrogen) atoms. The fourth-order valence-electron chi connectivity index (χ4n) is 1.80. The van der Waals surface area contributed by atoms with Crippen molar-refractivity contribution in [2.24, 2.45) is 0 Å². The summed E-state index contributed by atoms with van der Waals surface area (Å²) in [5, 5.41) is 11.3. The minimum Gasteiger partial charge on any atom is -0.469 e. The predicted molar refractivity (Wildman–Crippen MR) is 78.9 cm³/mol. The normalized spacial score (nSPS) is 10.5. The number of rotatable bonds is 4. The molecule has 3 rings (SSSR count). The van der Waals surface area contributed by atoms with E-state index in [0.29, 0.717) is 22.9 Å². The molecule has 2 N–H and O–H groups in total. The van der Waals surface area contributed by atoms with Crippen LogP contribution in [0.2, 0.25) is 5.02 Å². The number of halogens is 1. The Kier molecular flexibility index (Phi) is 3.70. The highest BCUT2D eigenvalue weighted by atomic mass is 35.5. The van der Waals surface area contributed by atoms with Crippen LogP contribution in [0, 0.1) is 0 Å². The maximum atomic E-state index is 12.0. The van der Waals surface area contributed by atoms with Crippen LogP contribution in [0.1, 0.15) is 11.5 Å². The number of hydrogen-bond acceptors (Lipinski definition) is 5. The van der Waals surface area contributed by atoms with Crippen LogP contribution in [0.3, 0.4) is 0 Å². The van der Waals surface area contributed by atoms with Gasteiger partial charge in [0.2, 0.25) is 5.95 Å². The zero-order valence-corrected chi connectivity index (χ0v) is 11.6. The van der Waals surface area contributed by atoms with Gasteiger partial charge in [-0.3, -0.25) is 9.78 Å². The summed E-state index contributed by atoms with van der Waals surface area (Å²) in [6.07, 6.45) is 1.84. The molecular weight excluding hydrogens is 292 g/mol. The second-order valence-electron chi connectivity index (χ2n) is 4.31. The van der Waals surface area contributed by atoms with Crippen molar-refractivity contribution in [1.29, 1.82) is 0 Å². The smallest absolute Gasteiger partial charge is 0.274 e. The number of aromatic amines is 1. The number of aromatic nitrogens is 3. The van der Waals surface area contributed by atoms with Crippen LogP contribution in [0.15, 0.2) is 51.9 Å². The van der Waals surface area contributed by atoms with Crippen molar-refractivity contribution in [1.82, 2.24) is 15.2 Å². The Hall–Kier alpha value is -2.60. The molecule has 0 spiro atoms. The van der Waals surface area contributed by atoms with Gasteiger partial charge in [-0.2, -0.15) is 0 Å². The molecule has 1 aromatic carbocycles. The summed E-state index contributed by atoms with van der Waals surface area (Å²) in [7, 11) is 0. The maximum Gasteiger partial charge on any atom is 0.274 e. The van der Waals surface area contributed by atoms with Crippen molar-refractivity contribution >= 4 is 23.2 Å². The summed E-state index contributed by atoms with van der Waals surface area (Å²) in [6, 6.07) is 10.7. The van der Waals surface area contributed by atoms with Crippen molar-refractivity contribution in [3.05, 3.63) is 69.5 Å². The molecule has 0 bridgehead atoms. The molecule has 0 aliphatic heterocycles. The molecule has 0 atom stereocenters. The average molecular weight is 303 g/mol. The van der Waals surface area contributed by atoms with E-state index >= 15 is 0 Å². The van der Waals surface area contributed by atoms with Gasteiger partial charge in [0.05, 0.1) is 23.4 Å². The highest BCUT2D eigenvalue weighted by Gasteiger charge is 2.08. The molecule has 0 aliphatic carbocycles. The first kappa shape index (κ1) is 13.4. The number of benzene rings is 1. The van der Waals surface area contributed by atoms with Gasteiger partial charge in [0.1, 0.15) is 11.5 Å². The van der Waals surface area contributed by atoms with E-state index in [9.17, 15) is 4.79 Å². The number of hydrogen-bond donors (Lipinski definition) is 2. The molecular formula is C14H11ClN4O2. The molecule has 0 saturated heterocycles. The molecule has 0 saturated carbocycles. The summed E-state index contributed by atoms with van der Waals surface area (Å²) in [5.74, 6) is 0.887. The van der Waals surface area contributed by atoms with E-state index < -0.39 is 0 Å². The van der Waals surface area contributed by atoms with E-state index in [2.05, 4.69) is 20.5 Å². The van der Waals surface area contributed by atoms with Crippen LogP contribution < -0.4 is 10.9 Å². The molecule has 6 nitrogen and oxygen atoms in total. The second-order valence-corrected chi connectivity index (χ2v) is 4.72. The van der Waals surface area contributed by atoms with E-state index in [1.807, 2.05) is 12.1 Å². The Morgan fingerprint density at radius 3 is 2.76 bits per heavy atom. The number of para-hydroxylation sites is 1. The van der Waals surface area contributed by atoms with Gasteiger partial charge in [0.25, 0.3) is 5.56 Å². The third kappa shape index (κ3) is 3.11. The fourth-order valence-corrected chi connectivity index (χ4v) is 1.98. The fraction of sp³-hybridized carbons (Fsp3) is 0.0714. The van der Waals surface area contributed by atoms with E-state index in [1.54, 1.807) is 30.5 Å². The standard InChI is InChI=1S/C14H11ClN4O2/c15-10-5-1-2-6-11(10)16-14-17-13(20)12(18-19-14)8-9-4-3-7-21-9/h1-7H,8H2,(H2,16,17,19,20). The highest BCUT2D eigenvalue weighted by molar-refractivity contribution is 6.33. The second kappa shape index (κ2) is 5.80. The average Bonchev–Trinajstić information content (AvgIpc) is 2.97. The van der Waals surface area contributed by atoms with Gasteiger partial charge in [-0.1, -0.05) is 23.7 Å². The van der Waals surface area contributed by atoms with Crippen molar-refractivity contribution in [3.63, 3.8) is 0 Å². The monoisotopic (exact) mass is 302 g/mol. The van der Waals surface area contributed by atoms with E-state index in [4.69, 9.17) is 16.0 Å². The number of anilines is 2. The molecule has 0 unspecified atom stereocenters. The van der Waals surface area contributed by atoms with Gasteiger partial charge in [-0.15, -0.1) is 10.2 Å². The van der Waals surface area contributed by atoms with Crippen LogP contribution in [0.25, 0.3) is 0 Å². The zero-order valence-electron chi connectivity index (χ0n) is 10.8. The molecule has 0 aliphatic rings. The van der Waals surface area contributed by atoms with Crippen LogP contribution in [0.4, 0.5) is 11.6 Å². The van der Waals surface area contributed by atoms with Crippen molar-refractivity contribution in [3.8, 4) is 0 Å². The first-order chi connectivity index (χ1) is 10.2. The van der Waals surface area contributed by atoms with Crippen molar-refractivity contribution in [2.45, 2.75) is 6.42 Å². The zero-order chi connectivity index (χ0) is 14.7. The lowest BCUT2D eigenvalue weighted by molar-refractivity contribution is 0.517. The maximum absolute atomic E-state index is 12.0. The summed E-state index contributed by atoms with van der Waals surface area (Å²) in [5.41, 5.74) is 0.605. The Labute approximate surface area is 124 Å².